The summed E-state index contributed by atoms with van der Waals surface area (Å²) in [6.45, 7) is 0.431. The van der Waals surface area contributed by atoms with Gasteiger partial charge in [0.15, 0.2) is 17.6 Å². The minimum absolute atomic E-state index is 0.148. The highest BCUT2D eigenvalue weighted by Gasteiger charge is 2.28. The van der Waals surface area contributed by atoms with Crippen molar-refractivity contribution in [3.8, 4) is 11.5 Å². The number of rotatable bonds is 8. The Morgan fingerprint density at radius 2 is 1.97 bits per heavy atom. The molecule has 1 aromatic heterocycles. The second-order valence-electron chi connectivity index (χ2n) is 7.29. The molecule has 0 unspecified atom stereocenters. The number of amides is 1. The Hall–Kier alpha value is -3.39. The van der Waals surface area contributed by atoms with Crippen molar-refractivity contribution in [1.29, 1.82) is 0 Å². The van der Waals surface area contributed by atoms with Crippen LogP contribution in [-0.2, 0) is 11.4 Å². The van der Waals surface area contributed by atoms with Crippen molar-refractivity contribution in [1.82, 2.24) is 4.90 Å². The smallest absolute Gasteiger partial charge is 0.264 e. The maximum Gasteiger partial charge on any atom is 0.264 e. The molecule has 1 aliphatic rings. The zero-order valence-corrected chi connectivity index (χ0v) is 18.6. The maximum atomic E-state index is 14.3. The van der Waals surface area contributed by atoms with E-state index in [1.165, 1.54) is 17.4 Å². The molecule has 0 spiro atoms. The Morgan fingerprint density at radius 1 is 1.16 bits per heavy atom. The highest BCUT2D eigenvalue weighted by Crippen LogP contribution is 2.30. The molecule has 3 aromatic rings. The van der Waals surface area contributed by atoms with E-state index in [1.54, 1.807) is 43.4 Å². The largest absolute Gasteiger partial charge is 0.493 e. The average molecular weight is 455 g/mol. The predicted octanol–water partition coefficient (Wildman–Crippen LogP) is 4.74. The number of oxime groups is 1. The zero-order chi connectivity index (χ0) is 22.5. The fraction of sp³-hybridized carbons (Fsp3) is 0.250. The number of hydrogen-bond donors (Lipinski definition) is 0. The van der Waals surface area contributed by atoms with Gasteiger partial charge in [-0.05, 0) is 35.7 Å². The second-order valence-corrected chi connectivity index (χ2v) is 8.24. The first-order chi connectivity index (χ1) is 15.6. The van der Waals surface area contributed by atoms with Crippen molar-refractivity contribution in [2.24, 2.45) is 5.16 Å². The van der Waals surface area contributed by atoms with Crippen molar-refractivity contribution < 1.29 is 23.5 Å². The van der Waals surface area contributed by atoms with Gasteiger partial charge in [-0.15, -0.1) is 11.3 Å². The van der Waals surface area contributed by atoms with Gasteiger partial charge in [0.05, 0.1) is 31.4 Å². The lowest BCUT2D eigenvalue weighted by atomic mass is 10.0. The van der Waals surface area contributed by atoms with E-state index in [1.807, 2.05) is 29.6 Å². The van der Waals surface area contributed by atoms with Gasteiger partial charge in [0, 0.05) is 24.1 Å². The molecule has 1 atom stereocenters. The summed E-state index contributed by atoms with van der Waals surface area (Å²) in [5.74, 6) is 0.729. The minimum atomic E-state index is -0.342. The minimum Gasteiger partial charge on any atom is -0.493 e. The molecule has 0 bridgehead atoms. The van der Waals surface area contributed by atoms with E-state index in [2.05, 4.69) is 5.16 Å². The van der Waals surface area contributed by atoms with Gasteiger partial charge < -0.3 is 19.2 Å². The monoisotopic (exact) mass is 454 g/mol. The van der Waals surface area contributed by atoms with Gasteiger partial charge >= 0.3 is 0 Å². The summed E-state index contributed by atoms with van der Waals surface area (Å²) in [5, 5.41) is 6.07. The van der Waals surface area contributed by atoms with E-state index in [9.17, 15) is 9.18 Å². The Labute approximate surface area is 189 Å². The van der Waals surface area contributed by atoms with Crippen LogP contribution >= 0.6 is 11.3 Å². The maximum absolute atomic E-state index is 14.3. The molecule has 0 saturated carbocycles. The van der Waals surface area contributed by atoms with Gasteiger partial charge in [0.25, 0.3) is 5.91 Å². The summed E-state index contributed by atoms with van der Waals surface area (Å²) in [7, 11) is 3.16. The lowest BCUT2D eigenvalue weighted by Crippen LogP contribution is -2.37. The van der Waals surface area contributed by atoms with Gasteiger partial charge in [-0.2, -0.15) is 0 Å². The number of carbonyl (C=O) groups is 1. The number of nitrogens with zero attached hydrogens (tertiary/aromatic N) is 2. The second kappa shape index (κ2) is 9.82. The average Bonchev–Trinajstić information content (AvgIpc) is 3.51. The molecule has 32 heavy (non-hydrogen) atoms. The van der Waals surface area contributed by atoms with Crippen molar-refractivity contribution >= 4 is 23.0 Å². The van der Waals surface area contributed by atoms with Crippen molar-refractivity contribution in [2.75, 3.05) is 20.8 Å². The van der Waals surface area contributed by atoms with Crippen LogP contribution in [0.4, 0.5) is 4.39 Å². The third kappa shape index (κ3) is 4.75. The molecule has 0 saturated heterocycles. The highest BCUT2D eigenvalue weighted by atomic mass is 32.1. The third-order valence-corrected chi connectivity index (χ3v) is 6.07. The van der Waals surface area contributed by atoms with Gasteiger partial charge in [0.1, 0.15) is 5.82 Å². The molecule has 8 heteroatoms. The Bertz CT molecular complexity index is 1120. The molecular formula is C24H23FN2O4S. The Kier molecular flexibility index (Phi) is 6.70. The molecule has 1 amide bonds. The SMILES string of the molecule is COc1ccc(C2=NO[C@@H](CN(Cc3ccccc3F)C(=O)c3cccs3)C2)cc1OC. The van der Waals surface area contributed by atoms with Crippen LogP contribution in [0.5, 0.6) is 11.5 Å². The van der Waals surface area contributed by atoms with Crippen LogP contribution < -0.4 is 9.47 Å². The van der Waals surface area contributed by atoms with E-state index in [0.717, 1.165) is 11.3 Å². The van der Waals surface area contributed by atoms with Crippen molar-refractivity contribution in [2.45, 2.75) is 19.1 Å². The van der Waals surface area contributed by atoms with Gasteiger partial charge in [-0.3, -0.25) is 4.79 Å². The molecule has 0 fully saturated rings. The van der Waals surface area contributed by atoms with Crippen LogP contribution in [-0.4, -0.2) is 43.4 Å². The summed E-state index contributed by atoms with van der Waals surface area (Å²) >= 11 is 1.36. The number of methoxy groups -OCH3 is 2. The lowest BCUT2D eigenvalue weighted by Gasteiger charge is -2.24. The highest BCUT2D eigenvalue weighted by molar-refractivity contribution is 7.12. The van der Waals surface area contributed by atoms with Crippen LogP contribution in [0.1, 0.15) is 27.2 Å². The summed E-state index contributed by atoms with van der Waals surface area (Å²) in [4.78, 5) is 21.0. The van der Waals surface area contributed by atoms with E-state index < -0.39 is 0 Å². The molecular weight excluding hydrogens is 431 g/mol. The molecule has 6 nitrogen and oxygen atoms in total. The quantitative estimate of drug-likeness (QED) is 0.493. The van der Waals surface area contributed by atoms with Crippen LogP contribution in [0.25, 0.3) is 0 Å². The number of benzene rings is 2. The van der Waals surface area contributed by atoms with E-state index in [-0.39, 0.29) is 30.9 Å². The number of carbonyl (C=O) groups excluding carboxylic acids is 1. The molecule has 1 aliphatic heterocycles. The van der Waals surface area contributed by atoms with Crippen molar-refractivity contribution in [3.63, 3.8) is 0 Å². The van der Waals surface area contributed by atoms with E-state index in [0.29, 0.717) is 28.4 Å². The first kappa shape index (κ1) is 21.8. The topological polar surface area (TPSA) is 60.4 Å². The first-order valence-electron chi connectivity index (χ1n) is 10.1. The van der Waals surface area contributed by atoms with E-state index in [4.69, 9.17) is 14.3 Å². The summed E-state index contributed by atoms with van der Waals surface area (Å²) < 4.78 is 24.9. The molecule has 2 aromatic carbocycles. The van der Waals surface area contributed by atoms with Crippen molar-refractivity contribution in [3.05, 3.63) is 81.8 Å². The molecule has 166 valence electrons. The third-order valence-electron chi connectivity index (χ3n) is 5.21. The Balaban J connectivity index is 1.50. The number of halogens is 1. The van der Waals surface area contributed by atoms with Crippen LogP contribution in [0.15, 0.2) is 65.1 Å². The predicted molar refractivity (Wildman–Crippen MR) is 121 cm³/mol. The van der Waals surface area contributed by atoms with E-state index >= 15 is 0 Å². The lowest BCUT2D eigenvalue weighted by molar-refractivity contribution is 0.0406. The first-order valence-corrected chi connectivity index (χ1v) is 11.0. The zero-order valence-electron chi connectivity index (χ0n) is 17.8. The number of thiophene rings is 1. The molecule has 2 heterocycles. The van der Waals surface area contributed by atoms with Gasteiger partial charge in [0.2, 0.25) is 0 Å². The Morgan fingerprint density at radius 3 is 2.69 bits per heavy atom. The fourth-order valence-electron chi connectivity index (χ4n) is 3.57. The standard InChI is InChI=1S/C24H23FN2O4S/c1-29-21-10-9-16(12-22(21)30-2)20-13-18(31-26-20)15-27(24(28)23-8-5-11-32-23)14-17-6-3-4-7-19(17)25/h3-12,18H,13-15H2,1-2H3/t18-/m1/s1. The molecule has 0 N–H and O–H groups in total. The van der Waals surface area contributed by atoms with Crippen LogP contribution in [0, 0.1) is 5.82 Å². The fourth-order valence-corrected chi connectivity index (χ4v) is 4.26. The number of ether oxygens (including phenoxy) is 2. The van der Waals surface area contributed by atoms with Crippen LogP contribution in [0.3, 0.4) is 0 Å². The summed E-state index contributed by atoms with van der Waals surface area (Å²) in [6.07, 6.45) is 0.176. The van der Waals surface area contributed by atoms with Crippen LogP contribution in [0.2, 0.25) is 0 Å². The molecule has 4 rings (SSSR count). The normalized spacial score (nSPS) is 15.1. The summed E-state index contributed by atoms with van der Waals surface area (Å²) in [5.41, 5.74) is 2.07. The van der Waals surface area contributed by atoms with Gasteiger partial charge in [-0.25, -0.2) is 4.39 Å². The number of hydrogen-bond acceptors (Lipinski definition) is 6. The molecule has 0 radical (unpaired) electrons. The summed E-state index contributed by atoms with van der Waals surface area (Å²) in [6, 6.07) is 15.6. The van der Waals surface area contributed by atoms with Gasteiger partial charge in [-0.1, -0.05) is 29.4 Å². The molecule has 0 aliphatic carbocycles.